The molecule has 0 bridgehead atoms. The third-order valence-corrected chi connectivity index (χ3v) is 5.62. The van der Waals surface area contributed by atoms with Gasteiger partial charge in [0, 0.05) is 29.2 Å². The van der Waals surface area contributed by atoms with Crippen LogP contribution in [0.1, 0.15) is 30.4 Å². The van der Waals surface area contributed by atoms with Crippen LogP contribution in [0.15, 0.2) is 41.1 Å². The molecule has 156 valence electrons. The first-order valence-electron chi connectivity index (χ1n) is 9.47. The average molecular weight is 430 g/mol. The minimum absolute atomic E-state index is 0.135. The molecule has 0 radical (unpaired) electrons. The molecule has 1 unspecified atom stereocenters. The number of halogens is 2. The first kappa shape index (κ1) is 20.3. The van der Waals surface area contributed by atoms with Crippen LogP contribution in [-0.2, 0) is 4.79 Å². The van der Waals surface area contributed by atoms with Gasteiger partial charge in [0.25, 0.3) is 12.3 Å². The second kappa shape index (κ2) is 8.79. The van der Waals surface area contributed by atoms with Gasteiger partial charge in [0.2, 0.25) is 0 Å². The zero-order valence-corrected chi connectivity index (χ0v) is 17.0. The summed E-state index contributed by atoms with van der Waals surface area (Å²) in [5, 5.41) is 10.2. The van der Waals surface area contributed by atoms with E-state index >= 15 is 0 Å². The van der Waals surface area contributed by atoms with Crippen molar-refractivity contribution >= 4 is 28.4 Å². The van der Waals surface area contributed by atoms with E-state index in [1.807, 2.05) is 0 Å². The summed E-state index contributed by atoms with van der Waals surface area (Å²) in [4.78, 5) is 12.9. The molecule has 3 aliphatic rings. The monoisotopic (exact) mass is 430 g/mol. The lowest BCUT2D eigenvalue weighted by atomic mass is 9.95. The Balaban J connectivity index is 1.56. The van der Waals surface area contributed by atoms with Gasteiger partial charge >= 0.3 is 0 Å². The van der Waals surface area contributed by atoms with Gasteiger partial charge in [-0.15, -0.1) is 0 Å². The number of nitrogens with one attached hydrogen (secondary N) is 3. The molecule has 9 heteroatoms. The Morgan fingerprint density at radius 2 is 2.20 bits per heavy atom. The zero-order chi connectivity index (χ0) is 21.1. The summed E-state index contributed by atoms with van der Waals surface area (Å²) >= 11 is 1.33. The van der Waals surface area contributed by atoms with Crippen LogP contribution in [0.25, 0.3) is 5.57 Å². The van der Waals surface area contributed by atoms with Crippen LogP contribution < -0.4 is 20.8 Å². The van der Waals surface area contributed by atoms with Gasteiger partial charge < -0.3 is 10.1 Å². The lowest BCUT2D eigenvalue weighted by molar-refractivity contribution is -0.115. The third-order valence-electron chi connectivity index (χ3n) is 4.75. The molecule has 1 fully saturated rings. The topological polar surface area (TPSA) is 74.8 Å². The Labute approximate surface area is 177 Å². The Morgan fingerprint density at radius 1 is 1.37 bits per heavy atom. The molecule has 0 spiro atoms. The van der Waals surface area contributed by atoms with Crippen molar-refractivity contribution in [3.63, 3.8) is 0 Å². The van der Waals surface area contributed by atoms with E-state index in [-0.39, 0.29) is 16.8 Å². The summed E-state index contributed by atoms with van der Waals surface area (Å²) < 4.78 is 31.8. The second-order valence-electron chi connectivity index (χ2n) is 6.93. The number of methoxy groups -OCH3 is 1. The third kappa shape index (κ3) is 4.60. The number of carbonyl (C=O) groups is 1. The molecule has 1 aromatic rings. The fourth-order valence-electron chi connectivity index (χ4n) is 3.04. The van der Waals surface area contributed by atoms with Gasteiger partial charge in [-0.1, -0.05) is 11.8 Å². The number of hydrogen-bond acceptors (Lipinski definition) is 6. The number of hydrazone groups is 1. The van der Waals surface area contributed by atoms with Crippen molar-refractivity contribution in [2.24, 2.45) is 11.0 Å². The first-order chi connectivity index (χ1) is 14.5. The van der Waals surface area contributed by atoms with Gasteiger partial charge in [-0.25, -0.2) is 8.78 Å². The molecular formula is C21H20F2N4O2S. The number of dihydropyridines is 1. The van der Waals surface area contributed by atoms with E-state index in [1.54, 1.807) is 12.3 Å². The van der Waals surface area contributed by atoms with E-state index in [0.717, 1.165) is 12.8 Å². The lowest BCUT2D eigenvalue weighted by Gasteiger charge is -2.20. The molecule has 6 nitrogen and oxygen atoms in total. The molecule has 30 heavy (non-hydrogen) atoms. The van der Waals surface area contributed by atoms with Crippen molar-refractivity contribution in [1.29, 1.82) is 0 Å². The number of benzene rings is 1. The van der Waals surface area contributed by atoms with E-state index in [2.05, 4.69) is 33.0 Å². The predicted octanol–water partition coefficient (Wildman–Crippen LogP) is 2.97. The van der Waals surface area contributed by atoms with E-state index < -0.39 is 6.43 Å². The van der Waals surface area contributed by atoms with Crippen LogP contribution in [0.4, 0.5) is 8.78 Å². The highest BCUT2D eigenvalue weighted by Gasteiger charge is 2.25. The molecule has 0 aromatic heterocycles. The quantitative estimate of drug-likeness (QED) is 0.641. The number of rotatable bonds is 4. The molecule has 3 N–H and O–H groups in total. The number of thioether (sulfide) groups is 1. The summed E-state index contributed by atoms with van der Waals surface area (Å²) in [5.41, 5.74) is 4.13. The largest absolute Gasteiger partial charge is 0.496 e. The standard InChI is InChI=1S/C21H20F2N4O2S/c1-29-17-6-5-13(19(22)23)10-15(17)16-11-24-9-8-14(16)20(28)25-21-27-26-18(30-21)7-4-12-2-3-12/h5-6,8-10,12,18-19,24,26H,2-3,11H2,1H3,(H,25,27,28). The van der Waals surface area contributed by atoms with Gasteiger partial charge in [0.1, 0.15) is 5.75 Å². The fourth-order valence-corrected chi connectivity index (χ4v) is 3.75. The van der Waals surface area contributed by atoms with Gasteiger partial charge in [-0.2, -0.15) is 5.10 Å². The van der Waals surface area contributed by atoms with Crippen molar-refractivity contribution in [2.45, 2.75) is 24.6 Å². The average Bonchev–Trinajstić information content (AvgIpc) is 3.49. The maximum Gasteiger partial charge on any atom is 0.263 e. The van der Waals surface area contributed by atoms with Crippen LogP contribution >= 0.6 is 11.8 Å². The van der Waals surface area contributed by atoms with E-state index in [4.69, 9.17) is 4.74 Å². The highest BCUT2D eigenvalue weighted by Crippen LogP contribution is 2.33. The van der Waals surface area contributed by atoms with E-state index in [0.29, 0.717) is 40.1 Å². The number of alkyl halides is 2. The van der Waals surface area contributed by atoms with Crippen molar-refractivity contribution in [1.82, 2.24) is 16.1 Å². The minimum Gasteiger partial charge on any atom is -0.496 e. The Kier molecular flexibility index (Phi) is 5.95. The summed E-state index contributed by atoms with van der Waals surface area (Å²) in [6.45, 7) is 0.301. The van der Waals surface area contributed by atoms with E-state index in [9.17, 15) is 13.6 Å². The molecule has 1 aliphatic carbocycles. The zero-order valence-electron chi connectivity index (χ0n) is 16.2. The minimum atomic E-state index is -2.62. The number of ether oxygens (including phenoxy) is 1. The maximum atomic E-state index is 13.2. The Hall–Kier alpha value is -2.99. The van der Waals surface area contributed by atoms with Crippen LogP contribution in [0.3, 0.4) is 0 Å². The van der Waals surface area contributed by atoms with Crippen LogP contribution in [0, 0.1) is 17.8 Å². The normalized spacial score (nSPS) is 20.1. The summed E-state index contributed by atoms with van der Waals surface area (Å²) in [6, 6.07) is 4.17. The Morgan fingerprint density at radius 3 is 2.93 bits per heavy atom. The molecule has 1 aromatic carbocycles. The number of hydrogen-bond donors (Lipinski definition) is 3. The van der Waals surface area contributed by atoms with Gasteiger partial charge in [-0.3, -0.25) is 15.5 Å². The van der Waals surface area contributed by atoms with Crippen LogP contribution in [0.5, 0.6) is 5.75 Å². The summed E-state index contributed by atoms with van der Waals surface area (Å²) in [6.07, 6.45) is 2.92. The molecule has 1 atom stereocenters. The smallest absolute Gasteiger partial charge is 0.263 e. The number of carbonyl (C=O) groups excluding carboxylic acids is 1. The van der Waals surface area contributed by atoms with Crippen molar-refractivity contribution in [3.05, 3.63) is 47.2 Å². The van der Waals surface area contributed by atoms with Gasteiger partial charge in [-0.05, 0) is 60.7 Å². The SMILES string of the molecule is COc1ccc(C(F)F)cc1C1=C(C(=O)NC2=NNC(C#CC3CC3)S2)C=CNC1. The second-order valence-corrected chi connectivity index (χ2v) is 8.02. The van der Waals surface area contributed by atoms with Crippen LogP contribution in [0.2, 0.25) is 0 Å². The van der Waals surface area contributed by atoms with Gasteiger partial charge in [0.15, 0.2) is 10.5 Å². The molecule has 4 rings (SSSR count). The van der Waals surface area contributed by atoms with Crippen molar-refractivity contribution < 1.29 is 18.3 Å². The van der Waals surface area contributed by atoms with E-state index in [1.165, 1.54) is 37.1 Å². The number of nitrogens with zero attached hydrogens (tertiary/aromatic N) is 1. The lowest BCUT2D eigenvalue weighted by Crippen LogP contribution is -2.31. The maximum absolute atomic E-state index is 13.2. The molecule has 0 saturated heterocycles. The predicted molar refractivity (Wildman–Crippen MR) is 113 cm³/mol. The molecule has 1 saturated carbocycles. The molecule has 2 aliphatic heterocycles. The molecule has 2 heterocycles. The van der Waals surface area contributed by atoms with Crippen molar-refractivity contribution in [3.8, 4) is 17.6 Å². The van der Waals surface area contributed by atoms with Gasteiger partial charge in [0.05, 0.1) is 7.11 Å². The highest BCUT2D eigenvalue weighted by molar-refractivity contribution is 8.14. The molecule has 1 amide bonds. The fraction of sp³-hybridized carbons (Fsp3) is 0.333. The number of amides is 1. The highest BCUT2D eigenvalue weighted by atomic mass is 32.2. The Bertz CT molecular complexity index is 1010. The summed E-state index contributed by atoms with van der Waals surface area (Å²) in [7, 11) is 1.46. The number of amidine groups is 1. The van der Waals surface area contributed by atoms with Crippen molar-refractivity contribution in [2.75, 3.05) is 13.7 Å². The summed E-state index contributed by atoms with van der Waals surface area (Å²) in [5.74, 6) is 6.80. The molecular weight excluding hydrogens is 410 g/mol. The van der Waals surface area contributed by atoms with Crippen LogP contribution in [-0.4, -0.2) is 30.1 Å². The first-order valence-corrected chi connectivity index (χ1v) is 10.3.